The van der Waals surface area contributed by atoms with E-state index in [1.807, 2.05) is 6.92 Å². The molecule has 2 rings (SSSR count). The molecule has 1 unspecified atom stereocenters. The maximum absolute atomic E-state index is 13.7. The zero-order valence-electron chi connectivity index (χ0n) is 11.5. The second kappa shape index (κ2) is 7.45. The van der Waals surface area contributed by atoms with Gasteiger partial charge in [0.15, 0.2) is 0 Å². The molecule has 20 heavy (non-hydrogen) atoms. The number of benzene rings is 1. The summed E-state index contributed by atoms with van der Waals surface area (Å²) in [6.45, 7) is 6.38. The highest BCUT2D eigenvalue weighted by Gasteiger charge is 2.15. The standard InChI is InChI=1S/C14H19BrF2N2O/c1-10(9-19-2-4-20-5-3-19)18-8-12-13(16)6-11(15)7-14(12)17/h6-7,10,18H,2-5,8-9H2,1H3. The number of hydrogen-bond donors (Lipinski definition) is 1. The van der Waals surface area contributed by atoms with Crippen LogP contribution in [0.1, 0.15) is 12.5 Å². The van der Waals surface area contributed by atoms with Crippen molar-refractivity contribution in [3.05, 3.63) is 33.8 Å². The number of halogens is 3. The first-order valence-electron chi connectivity index (χ1n) is 6.73. The molecule has 3 nitrogen and oxygen atoms in total. The van der Waals surface area contributed by atoms with Crippen molar-refractivity contribution in [3.8, 4) is 0 Å². The fraction of sp³-hybridized carbons (Fsp3) is 0.571. The van der Waals surface area contributed by atoms with E-state index in [1.165, 1.54) is 12.1 Å². The second-order valence-corrected chi connectivity index (χ2v) is 5.96. The average Bonchev–Trinajstić information content (AvgIpc) is 2.38. The van der Waals surface area contributed by atoms with Gasteiger partial charge in [-0.25, -0.2) is 8.78 Å². The molecule has 112 valence electrons. The lowest BCUT2D eigenvalue weighted by molar-refractivity contribution is 0.0343. The van der Waals surface area contributed by atoms with E-state index in [9.17, 15) is 8.78 Å². The van der Waals surface area contributed by atoms with Gasteiger partial charge in [-0.1, -0.05) is 15.9 Å². The van der Waals surface area contributed by atoms with Crippen LogP contribution in [0.2, 0.25) is 0 Å². The van der Waals surface area contributed by atoms with Crippen molar-refractivity contribution in [2.45, 2.75) is 19.5 Å². The van der Waals surface area contributed by atoms with Gasteiger partial charge in [-0.05, 0) is 19.1 Å². The fourth-order valence-electron chi connectivity index (χ4n) is 2.25. The quantitative estimate of drug-likeness (QED) is 0.884. The summed E-state index contributed by atoms with van der Waals surface area (Å²) in [6.07, 6.45) is 0. The average molecular weight is 349 g/mol. The first-order chi connectivity index (χ1) is 9.56. The fourth-order valence-corrected chi connectivity index (χ4v) is 2.65. The van der Waals surface area contributed by atoms with Crippen molar-refractivity contribution >= 4 is 15.9 Å². The molecule has 0 aromatic heterocycles. The Morgan fingerprint density at radius 1 is 1.30 bits per heavy atom. The van der Waals surface area contributed by atoms with Gasteiger partial charge in [0.2, 0.25) is 0 Å². The molecule has 1 heterocycles. The molecule has 1 saturated heterocycles. The molecule has 1 aromatic rings. The van der Waals surface area contributed by atoms with E-state index in [2.05, 4.69) is 26.1 Å². The smallest absolute Gasteiger partial charge is 0.131 e. The summed E-state index contributed by atoms with van der Waals surface area (Å²) in [5.41, 5.74) is 0.0852. The van der Waals surface area contributed by atoms with Gasteiger partial charge in [0.05, 0.1) is 13.2 Å². The Balaban J connectivity index is 1.85. The van der Waals surface area contributed by atoms with Crippen LogP contribution >= 0.6 is 15.9 Å². The van der Waals surface area contributed by atoms with E-state index in [4.69, 9.17) is 4.74 Å². The molecule has 1 atom stereocenters. The summed E-state index contributed by atoms with van der Waals surface area (Å²) in [7, 11) is 0. The van der Waals surface area contributed by atoms with E-state index in [0.717, 1.165) is 32.8 Å². The number of hydrogen-bond acceptors (Lipinski definition) is 3. The lowest BCUT2D eigenvalue weighted by atomic mass is 10.2. The first kappa shape index (κ1) is 15.8. The minimum atomic E-state index is -0.525. The Hall–Kier alpha value is -0.560. The molecular formula is C14H19BrF2N2O. The van der Waals surface area contributed by atoms with E-state index >= 15 is 0 Å². The van der Waals surface area contributed by atoms with Crippen molar-refractivity contribution in [1.29, 1.82) is 0 Å². The number of nitrogens with one attached hydrogen (secondary N) is 1. The van der Waals surface area contributed by atoms with Crippen LogP contribution in [0.25, 0.3) is 0 Å². The maximum Gasteiger partial charge on any atom is 0.131 e. The predicted octanol–water partition coefficient (Wildman–Crippen LogP) is 2.54. The number of nitrogens with zero attached hydrogens (tertiary/aromatic N) is 1. The summed E-state index contributed by atoms with van der Waals surface area (Å²) in [5, 5.41) is 3.17. The Bertz CT molecular complexity index is 430. The highest BCUT2D eigenvalue weighted by Crippen LogP contribution is 2.19. The predicted molar refractivity (Wildman–Crippen MR) is 77.6 cm³/mol. The van der Waals surface area contributed by atoms with Crippen LogP contribution in [0.3, 0.4) is 0 Å². The molecule has 6 heteroatoms. The molecule has 0 spiro atoms. The number of ether oxygens (including phenoxy) is 1. The van der Waals surface area contributed by atoms with Gasteiger partial charge in [0.1, 0.15) is 11.6 Å². The second-order valence-electron chi connectivity index (χ2n) is 5.04. The van der Waals surface area contributed by atoms with Crippen LogP contribution in [-0.2, 0) is 11.3 Å². The Morgan fingerprint density at radius 2 is 1.90 bits per heavy atom. The van der Waals surface area contributed by atoms with Gasteiger partial charge in [-0.3, -0.25) is 4.90 Å². The third kappa shape index (κ3) is 4.48. The molecule has 1 N–H and O–H groups in total. The van der Waals surface area contributed by atoms with Crippen molar-refractivity contribution in [2.75, 3.05) is 32.8 Å². The topological polar surface area (TPSA) is 24.5 Å². The number of morpholine rings is 1. The van der Waals surface area contributed by atoms with Gasteiger partial charge < -0.3 is 10.1 Å². The van der Waals surface area contributed by atoms with Crippen molar-refractivity contribution in [2.24, 2.45) is 0 Å². The molecule has 1 aromatic carbocycles. The molecule has 0 radical (unpaired) electrons. The summed E-state index contributed by atoms with van der Waals surface area (Å²) < 4.78 is 33.1. The Labute approximate surface area is 126 Å². The van der Waals surface area contributed by atoms with Gasteiger partial charge >= 0.3 is 0 Å². The van der Waals surface area contributed by atoms with Gasteiger partial charge in [-0.2, -0.15) is 0 Å². The minimum absolute atomic E-state index is 0.0852. The lowest BCUT2D eigenvalue weighted by Gasteiger charge is -2.29. The number of rotatable bonds is 5. The van der Waals surface area contributed by atoms with Crippen LogP contribution in [0.15, 0.2) is 16.6 Å². The third-order valence-corrected chi connectivity index (χ3v) is 3.83. The van der Waals surface area contributed by atoms with Crippen LogP contribution in [0.4, 0.5) is 8.78 Å². The molecule has 1 aliphatic rings. The van der Waals surface area contributed by atoms with Crippen LogP contribution in [0.5, 0.6) is 0 Å². The van der Waals surface area contributed by atoms with E-state index < -0.39 is 11.6 Å². The monoisotopic (exact) mass is 348 g/mol. The van der Waals surface area contributed by atoms with E-state index in [0.29, 0.717) is 4.47 Å². The molecule has 0 aliphatic carbocycles. The van der Waals surface area contributed by atoms with Crippen LogP contribution < -0.4 is 5.32 Å². The lowest BCUT2D eigenvalue weighted by Crippen LogP contribution is -2.44. The van der Waals surface area contributed by atoms with Crippen LogP contribution in [0, 0.1) is 11.6 Å². The Morgan fingerprint density at radius 3 is 2.50 bits per heavy atom. The summed E-state index contributed by atoms with van der Waals surface area (Å²) >= 11 is 3.07. The molecule has 0 saturated carbocycles. The highest BCUT2D eigenvalue weighted by molar-refractivity contribution is 9.10. The van der Waals surface area contributed by atoms with E-state index in [-0.39, 0.29) is 18.2 Å². The SMILES string of the molecule is CC(CN1CCOCC1)NCc1c(F)cc(Br)cc1F. The normalized spacial score (nSPS) is 18.2. The molecular weight excluding hydrogens is 330 g/mol. The largest absolute Gasteiger partial charge is 0.379 e. The molecule has 1 aliphatic heterocycles. The first-order valence-corrected chi connectivity index (χ1v) is 7.52. The molecule has 1 fully saturated rings. The highest BCUT2D eigenvalue weighted by atomic mass is 79.9. The summed E-state index contributed by atoms with van der Waals surface area (Å²) in [5.74, 6) is -1.05. The van der Waals surface area contributed by atoms with Gasteiger partial charge in [-0.15, -0.1) is 0 Å². The Kier molecular flexibility index (Phi) is 5.89. The molecule has 0 bridgehead atoms. The van der Waals surface area contributed by atoms with E-state index in [1.54, 1.807) is 0 Å². The van der Waals surface area contributed by atoms with Gasteiger partial charge in [0.25, 0.3) is 0 Å². The van der Waals surface area contributed by atoms with Crippen LogP contribution in [-0.4, -0.2) is 43.8 Å². The maximum atomic E-state index is 13.7. The van der Waals surface area contributed by atoms with Gasteiger partial charge in [0, 0.05) is 42.3 Å². The summed E-state index contributed by atoms with van der Waals surface area (Å²) in [4.78, 5) is 2.29. The third-order valence-electron chi connectivity index (χ3n) is 3.37. The van der Waals surface area contributed by atoms with Crippen molar-refractivity contribution in [1.82, 2.24) is 10.2 Å². The zero-order valence-corrected chi connectivity index (χ0v) is 13.1. The summed E-state index contributed by atoms with van der Waals surface area (Å²) in [6, 6.07) is 2.73. The molecule has 0 amide bonds. The van der Waals surface area contributed by atoms with Crippen molar-refractivity contribution in [3.63, 3.8) is 0 Å². The zero-order chi connectivity index (χ0) is 14.5. The van der Waals surface area contributed by atoms with Crippen molar-refractivity contribution < 1.29 is 13.5 Å². The minimum Gasteiger partial charge on any atom is -0.379 e.